The van der Waals surface area contributed by atoms with Crippen molar-refractivity contribution in [1.82, 2.24) is 20.2 Å². The fourth-order valence-electron chi connectivity index (χ4n) is 2.37. The molecule has 0 radical (unpaired) electrons. The summed E-state index contributed by atoms with van der Waals surface area (Å²) in [5.41, 5.74) is -1.75. The molecule has 1 aromatic carbocycles. The topological polar surface area (TPSA) is 80.9 Å². The lowest BCUT2D eigenvalue weighted by Gasteiger charge is -2.37. The molecule has 0 amide bonds. The molecule has 0 bridgehead atoms. The number of carboxylic acid groups (broad SMARTS) is 1. The second-order valence-corrected chi connectivity index (χ2v) is 4.83. The van der Waals surface area contributed by atoms with E-state index in [0.717, 1.165) is 16.8 Å². The number of tetrazole rings is 1. The highest BCUT2D eigenvalue weighted by Gasteiger charge is 2.49. The van der Waals surface area contributed by atoms with E-state index in [1.165, 1.54) is 0 Å². The molecule has 1 aliphatic rings. The third-order valence-electron chi connectivity index (χ3n) is 3.73. The highest BCUT2D eigenvalue weighted by molar-refractivity contribution is 5.78. The number of nitrogens with zero attached hydrogens (tertiary/aromatic N) is 4. The van der Waals surface area contributed by atoms with E-state index in [1.807, 2.05) is 0 Å². The van der Waals surface area contributed by atoms with E-state index in [4.69, 9.17) is 0 Å². The lowest BCUT2D eigenvalue weighted by molar-refractivity contribution is -0.153. The molecule has 1 heterocycles. The van der Waals surface area contributed by atoms with Gasteiger partial charge < -0.3 is 5.11 Å². The maximum absolute atomic E-state index is 13.8. The van der Waals surface area contributed by atoms with Gasteiger partial charge in [-0.2, -0.15) is 0 Å². The Bertz CT molecular complexity index is 727. The number of carbonyl (C=O) groups is 1. The lowest BCUT2D eigenvalue weighted by Crippen LogP contribution is -2.48. The van der Waals surface area contributed by atoms with Crippen LogP contribution >= 0.6 is 0 Å². The first-order valence-corrected chi connectivity index (χ1v) is 6.13. The van der Waals surface area contributed by atoms with Gasteiger partial charge in [0, 0.05) is 0 Å². The van der Waals surface area contributed by atoms with Crippen LogP contribution in [0.3, 0.4) is 0 Å². The molecule has 6 nitrogen and oxygen atoms in total. The van der Waals surface area contributed by atoms with Crippen LogP contribution in [0.2, 0.25) is 0 Å². The normalized spacial score (nSPS) is 16.5. The fraction of sp³-hybridized carbons (Fsp3) is 0.333. The Morgan fingerprint density at radius 1 is 1.24 bits per heavy atom. The lowest BCUT2D eigenvalue weighted by atomic mass is 9.76. The second kappa shape index (κ2) is 4.54. The van der Waals surface area contributed by atoms with Gasteiger partial charge in [-0.05, 0) is 41.8 Å². The number of aliphatic carboxylic acids is 1. The van der Waals surface area contributed by atoms with Crippen molar-refractivity contribution in [2.24, 2.45) is 0 Å². The molecule has 21 heavy (non-hydrogen) atoms. The maximum atomic E-state index is 13.8. The number of aromatic nitrogens is 4. The van der Waals surface area contributed by atoms with Crippen molar-refractivity contribution in [3.8, 4) is 11.4 Å². The summed E-state index contributed by atoms with van der Waals surface area (Å²) in [6.45, 7) is 0. The molecule has 0 spiro atoms. The molecule has 3 rings (SSSR count). The quantitative estimate of drug-likeness (QED) is 0.873. The molecule has 0 atom stereocenters. The van der Waals surface area contributed by atoms with E-state index in [0.29, 0.717) is 6.42 Å². The van der Waals surface area contributed by atoms with Gasteiger partial charge in [0.25, 0.3) is 0 Å². The van der Waals surface area contributed by atoms with Crippen molar-refractivity contribution in [2.45, 2.75) is 24.8 Å². The van der Waals surface area contributed by atoms with Crippen molar-refractivity contribution in [2.75, 3.05) is 0 Å². The van der Waals surface area contributed by atoms with Crippen LogP contribution in [0, 0.1) is 17.5 Å². The zero-order valence-electron chi connectivity index (χ0n) is 10.6. The van der Waals surface area contributed by atoms with E-state index < -0.39 is 29.0 Å². The zero-order chi connectivity index (χ0) is 15.2. The van der Waals surface area contributed by atoms with Crippen LogP contribution in [-0.2, 0) is 10.3 Å². The van der Waals surface area contributed by atoms with Gasteiger partial charge >= 0.3 is 5.97 Å². The van der Waals surface area contributed by atoms with E-state index in [2.05, 4.69) is 15.5 Å². The van der Waals surface area contributed by atoms with Crippen LogP contribution in [0.1, 0.15) is 19.3 Å². The Morgan fingerprint density at radius 3 is 2.52 bits per heavy atom. The van der Waals surface area contributed by atoms with Gasteiger partial charge in [0.1, 0.15) is 0 Å². The largest absolute Gasteiger partial charge is 0.479 e. The van der Waals surface area contributed by atoms with E-state index >= 15 is 0 Å². The Morgan fingerprint density at radius 2 is 1.95 bits per heavy atom. The number of halogens is 3. The number of hydrogen-bond donors (Lipinski definition) is 1. The number of hydrogen-bond acceptors (Lipinski definition) is 4. The van der Waals surface area contributed by atoms with E-state index in [-0.39, 0.29) is 24.2 Å². The summed E-state index contributed by atoms with van der Waals surface area (Å²) in [5, 5.41) is 19.8. The number of benzene rings is 1. The first kappa shape index (κ1) is 13.5. The smallest absolute Gasteiger partial charge is 0.331 e. The van der Waals surface area contributed by atoms with Gasteiger partial charge in [-0.15, -0.1) is 5.10 Å². The SMILES string of the molecule is O=C(O)C1(n2nnnc2-c2ccc(F)c(F)c2F)CCC1. The van der Waals surface area contributed by atoms with Gasteiger partial charge in [-0.25, -0.2) is 22.6 Å². The summed E-state index contributed by atoms with van der Waals surface area (Å²) in [7, 11) is 0. The van der Waals surface area contributed by atoms with Crippen LogP contribution in [0.15, 0.2) is 12.1 Å². The van der Waals surface area contributed by atoms with E-state index in [1.54, 1.807) is 0 Å². The number of rotatable bonds is 3. The Hall–Kier alpha value is -2.45. The third kappa shape index (κ3) is 1.80. The minimum absolute atomic E-state index is 0.242. The maximum Gasteiger partial charge on any atom is 0.331 e. The summed E-state index contributed by atoms with van der Waals surface area (Å²) in [5.74, 6) is -5.84. The average Bonchev–Trinajstić information content (AvgIpc) is 2.84. The minimum Gasteiger partial charge on any atom is -0.479 e. The van der Waals surface area contributed by atoms with Gasteiger partial charge in [0.2, 0.25) is 0 Å². The van der Waals surface area contributed by atoms with Crippen molar-refractivity contribution in [1.29, 1.82) is 0 Å². The monoisotopic (exact) mass is 298 g/mol. The molecular weight excluding hydrogens is 289 g/mol. The molecule has 0 unspecified atom stereocenters. The summed E-state index contributed by atoms with van der Waals surface area (Å²) < 4.78 is 41.1. The highest BCUT2D eigenvalue weighted by Crippen LogP contribution is 2.41. The summed E-state index contributed by atoms with van der Waals surface area (Å²) >= 11 is 0. The molecule has 1 aromatic heterocycles. The first-order valence-electron chi connectivity index (χ1n) is 6.13. The first-order chi connectivity index (χ1) is 9.97. The van der Waals surface area contributed by atoms with Crippen LogP contribution in [0.4, 0.5) is 13.2 Å². The Balaban J connectivity index is 2.17. The Labute approximate surface area is 116 Å². The molecule has 1 fully saturated rings. The zero-order valence-corrected chi connectivity index (χ0v) is 10.6. The van der Waals surface area contributed by atoms with Gasteiger partial charge in [0.05, 0.1) is 5.56 Å². The molecule has 2 aromatic rings. The highest BCUT2D eigenvalue weighted by atomic mass is 19.2. The van der Waals surface area contributed by atoms with Crippen LogP contribution < -0.4 is 0 Å². The summed E-state index contributed by atoms with van der Waals surface area (Å²) in [6, 6.07) is 1.71. The van der Waals surface area contributed by atoms with E-state index in [9.17, 15) is 23.1 Å². The molecule has 0 aliphatic heterocycles. The molecular formula is C12H9F3N4O2. The average molecular weight is 298 g/mol. The van der Waals surface area contributed by atoms with Crippen molar-refractivity contribution in [3.05, 3.63) is 29.6 Å². The molecule has 1 N–H and O–H groups in total. The van der Waals surface area contributed by atoms with Gasteiger partial charge in [0.15, 0.2) is 28.8 Å². The predicted molar refractivity (Wildman–Crippen MR) is 62.6 cm³/mol. The molecule has 0 saturated heterocycles. The fourth-order valence-corrected chi connectivity index (χ4v) is 2.37. The molecule has 1 aliphatic carbocycles. The van der Waals surface area contributed by atoms with Crippen molar-refractivity contribution in [3.63, 3.8) is 0 Å². The van der Waals surface area contributed by atoms with Gasteiger partial charge in [-0.3, -0.25) is 0 Å². The van der Waals surface area contributed by atoms with Crippen molar-refractivity contribution >= 4 is 5.97 Å². The summed E-state index contributed by atoms with van der Waals surface area (Å²) in [6.07, 6.45) is 1.23. The molecule has 9 heteroatoms. The Kier molecular flexibility index (Phi) is 2.92. The predicted octanol–water partition coefficient (Wildman–Crippen LogP) is 1.72. The second-order valence-electron chi connectivity index (χ2n) is 4.83. The third-order valence-corrected chi connectivity index (χ3v) is 3.73. The van der Waals surface area contributed by atoms with Crippen LogP contribution in [-0.4, -0.2) is 31.3 Å². The minimum atomic E-state index is -1.65. The van der Waals surface area contributed by atoms with Crippen LogP contribution in [0.25, 0.3) is 11.4 Å². The standard InChI is InChI=1S/C12H9F3N4O2/c13-7-3-2-6(8(14)9(7)15)10-16-17-18-19(10)12(11(20)21)4-1-5-12/h2-3H,1,4-5H2,(H,20,21). The van der Waals surface area contributed by atoms with Gasteiger partial charge in [-0.1, -0.05) is 0 Å². The number of carboxylic acids is 1. The molecule has 110 valence electrons. The van der Waals surface area contributed by atoms with Crippen LogP contribution in [0.5, 0.6) is 0 Å². The van der Waals surface area contributed by atoms with Crippen molar-refractivity contribution < 1.29 is 23.1 Å². The molecule has 1 saturated carbocycles. The summed E-state index contributed by atoms with van der Waals surface area (Å²) in [4.78, 5) is 11.4.